The molecule has 1 fully saturated rings. The summed E-state index contributed by atoms with van der Waals surface area (Å²) >= 11 is 0. The number of hydrogen-bond acceptors (Lipinski definition) is 4. The standard InChI is InChI=1S/C12H20N4O2/c1-10-11(7-14(2)13-10)8-15-3-5-16(6-4-15)9-12(17)18/h7H,3-6,8-9H2,1-2H3,(H,17,18). The molecule has 2 rings (SSSR count). The number of rotatable bonds is 4. The van der Waals surface area contributed by atoms with Crippen molar-refractivity contribution in [3.63, 3.8) is 0 Å². The maximum atomic E-state index is 10.6. The Balaban J connectivity index is 1.83. The van der Waals surface area contributed by atoms with Crippen LogP contribution in [0.2, 0.25) is 0 Å². The molecule has 1 saturated heterocycles. The third-order valence-electron chi connectivity index (χ3n) is 3.33. The number of hydrogen-bond donors (Lipinski definition) is 1. The summed E-state index contributed by atoms with van der Waals surface area (Å²) in [6, 6.07) is 0. The number of piperazine rings is 1. The van der Waals surface area contributed by atoms with Gasteiger partial charge in [-0.25, -0.2) is 0 Å². The van der Waals surface area contributed by atoms with E-state index in [0.717, 1.165) is 38.4 Å². The Kier molecular flexibility index (Phi) is 3.98. The summed E-state index contributed by atoms with van der Waals surface area (Å²) in [6.45, 7) is 6.57. The maximum Gasteiger partial charge on any atom is 0.317 e. The SMILES string of the molecule is Cc1nn(C)cc1CN1CCN(CC(=O)O)CC1. The van der Waals surface area contributed by atoms with Crippen LogP contribution in [-0.4, -0.2) is 63.4 Å². The summed E-state index contributed by atoms with van der Waals surface area (Å²) in [4.78, 5) is 15.0. The molecule has 0 aromatic carbocycles. The molecule has 6 nitrogen and oxygen atoms in total. The average Bonchev–Trinajstić information content (AvgIpc) is 2.59. The molecule has 2 heterocycles. The lowest BCUT2D eigenvalue weighted by Gasteiger charge is -2.33. The zero-order valence-electron chi connectivity index (χ0n) is 11.0. The summed E-state index contributed by atoms with van der Waals surface area (Å²) in [7, 11) is 1.93. The molecular formula is C12H20N4O2. The highest BCUT2D eigenvalue weighted by Gasteiger charge is 2.19. The summed E-state index contributed by atoms with van der Waals surface area (Å²) in [5.41, 5.74) is 2.33. The van der Waals surface area contributed by atoms with Crippen molar-refractivity contribution in [2.24, 2.45) is 7.05 Å². The van der Waals surface area contributed by atoms with E-state index in [1.807, 2.05) is 23.6 Å². The lowest BCUT2D eigenvalue weighted by molar-refractivity contribution is -0.138. The molecule has 0 radical (unpaired) electrons. The Bertz CT molecular complexity index is 422. The monoisotopic (exact) mass is 252 g/mol. The van der Waals surface area contributed by atoms with Crippen LogP contribution in [0.25, 0.3) is 0 Å². The third-order valence-corrected chi connectivity index (χ3v) is 3.33. The summed E-state index contributed by atoms with van der Waals surface area (Å²) in [5.74, 6) is -0.744. The molecule has 1 aliphatic rings. The Morgan fingerprint density at radius 3 is 2.44 bits per heavy atom. The average molecular weight is 252 g/mol. The van der Waals surface area contributed by atoms with Gasteiger partial charge in [-0.15, -0.1) is 0 Å². The van der Waals surface area contributed by atoms with Crippen molar-refractivity contribution in [1.82, 2.24) is 19.6 Å². The molecule has 0 unspecified atom stereocenters. The first-order chi connectivity index (χ1) is 8.54. The summed E-state index contributed by atoms with van der Waals surface area (Å²) < 4.78 is 1.84. The van der Waals surface area contributed by atoms with E-state index < -0.39 is 5.97 Å². The molecule has 0 bridgehead atoms. The maximum absolute atomic E-state index is 10.6. The van der Waals surface area contributed by atoms with Crippen molar-refractivity contribution in [2.45, 2.75) is 13.5 Å². The Labute approximate surface area is 107 Å². The van der Waals surface area contributed by atoms with Crippen LogP contribution in [0.5, 0.6) is 0 Å². The number of aromatic nitrogens is 2. The zero-order valence-corrected chi connectivity index (χ0v) is 11.0. The van der Waals surface area contributed by atoms with Crippen LogP contribution in [0.1, 0.15) is 11.3 Å². The number of carbonyl (C=O) groups is 1. The van der Waals surface area contributed by atoms with E-state index in [2.05, 4.69) is 16.2 Å². The highest BCUT2D eigenvalue weighted by molar-refractivity contribution is 5.69. The fourth-order valence-corrected chi connectivity index (χ4v) is 2.34. The van der Waals surface area contributed by atoms with Crippen LogP contribution in [0, 0.1) is 6.92 Å². The Morgan fingerprint density at radius 1 is 1.33 bits per heavy atom. The van der Waals surface area contributed by atoms with Crippen LogP contribution in [0.4, 0.5) is 0 Å². The Hall–Kier alpha value is -1.40. The number of carboxylic acid groups (broad SMARTS) is 1. The molecule has 6 heteroatoms. The fraction of sp³-hybridized carbons (Fsp3) is 0.667. The predicted molar refractivity (Wildman–Crippen MR) is 67.3 cm³/mol. The van der Waals surface area contributed by atoms with Crippen molar-refractivity contribution in [1.29, 1.82) is 0 Å². The van der Waals surface area contributed by atoms with E-state index >= 15 is 0 Å². The first-order valence-electron chi connectivity index (χ1n) is 6.20. The van der Waals surface area contributed by atoms with Crippen molar-refractivity contribution in [3.05, 3.63) is 17.5 Å². The normalized spacial score (nSPS) is 18.1. The van der Waals surface area contributed by atoms with Crippen LogP contribution in [0.15, 0.2) is 6.20 Å². The van der Waals surface area contributed by atoms with Gasteiger partial charge in [0.15, 0.2) is 0 Å². The number of carboxylic acids is 1. The molecule has 1 N–H and O–H groups in total. The molecule has 1 aromatic heterocycles. The van der Waals surface area contributed by atoms with Gasteiger partial charge in [0, 0.05) is 51.5 Å². The van der Waals surface area contributed by atoms with Crippen molar-refractivity contribution in [2.75, 3.05) is 32.7 Å². The molecule has 0 spiro atoms. The van der Waals surface area contributed by atoms with Gasteiger partial charge in [0.1, 0.15) is 0 Å². The molecular weight excluding hydrogens is 232 g/mol. The van der Waals surface area contributed by atoms with Gasteiger partial charge in [-0.3, -0.25) is 19.3 Å². The van der Waals surface area contributed by atoms with Crippen LogP contribution >= 0.6 is 0 Å². The topological polar surface area (TPSA) is 61.6 Å². The minimum Gasteiger partial charge on any atom is -0.480 e. The van der Waals surface area contributed by atoms with Gasteiger partial charge in [0.2, 0.25) is 0 Å². The minimum atomic E-state index is -0.744. The van der Waals surface area contributed by atoms with Crippen molar-refractivity contribution < 1.29 is 9.90 Å². The smallest absolute Gasteiger partial charge is 0.317 e. The molecule has 0 saturated carbocycles. The van der Waals surface area contributed by atoms with E-state index in [9.17, 15) is 4.79 Å². The van der Waals surface area contributed by atoms with Gasteiger partial charge < -0.3 is 5.11 Å². The van der Waals surface area contributed by atoms with Crippen LogP contribution in [-0.2, 0) is 18.4 Å². The Morgan fingerprint density at radius 2 is 1.94 bits per heavy atom. The van der Waals surface area contributed by atoms with E-state index in [-0.39, 0.29) is 6.54 Å². The highest BCUT2D eigenvalue weighted by atomic mass is 16.4. The van der Waals surface area contributed by atoms with E-state index in [4.69, 9.17) is 5.11 Å². The molecule has 0 atom stereocenters. The fourth-order valence-electron chi connectivity index (χ4n) is 2.34. The van der Waals surface area contributed by atoms with Gasteiger partial charge in [-0.2, -0.15) is 5.10 Å². The van der Waals surface area contributed by atoms with Crippen LogP contribution in [0.3, 0.4) is 0 Å². The summed E-state index contributed by atoms with van der Waals surface area (Å²) in [5, 5.41) is 13.1. The quantitative estimate of drug-likeness (QED) is 0.813. The molecule has 1 aliphatic heterocycles. The first-order valence-corrected chi connectivity index (χ1v) is 6.20. The van der Waals surface area contributed by atoms with E-state index in [1.54, 1.807) is 0 Å². The predicted octanol–water partition coefficient (Wildman–Crippen LogP) is -0.0693. The van der Waals surface area contributed by atoms with E-state index in [0.29, 0.717) is 0 Å². The van der Waals surface area contributed by atoms with Gasteiger partial charge in [0.25, 0.3) is 0 Å². The summed E-state index contributed by atoms with van der Waals surface area (Å²) in [6.07, 6.45) is 2.05. The molecule has 0 amide bonds. The van der Waals surface area contributed by atoms with Crippen LogP contribution < -0.4 is 0 Å². The number of nitrogens with zero attached hydrogens (tertiary/aromatic N) is 4. The number of aryl methyl sites for hydroxylation is 2. The van der Waals surface area contributed by atoms with Gasteiger partial charge in [-0.1, -0.05) is 0 Å². The minimum absolute atomic E-state index is 0.153. The first kappa shape index (κ1) is 13.0. The lowest BCUT2D eigenvalue weighted by atomic mass is 10.2. The second-order valence-electron chi connectivity index (χ2n) is 4.86. The zero-order chi connectivity index (χ0) is 13.1. The molecule has 100 valence electrons. The van der Waals surface area contributed by atoms with Crippen molar-refractivity contribution >= 4 is 5.97 Å². The van der Waals surface area contributed by atoms with Gasteiger partial charge in [0.05, 0.1) is 12.2 Å². The second kappa shape index (κ2) is 5.49. The molecule has 18 heavy (non-hydrogen) atoms. The van der Waals surface area contributed by atoms with E-state index in [1.165, 1.54) is 5.56 Å². The number of aliphatic carboxylic acids is 1. The molecule has 0 aliphatic carbocycles. The lowest BCUT2D eigenvalue weighted by Crippen LogP contribution is -2.47. The van der Waals surface area contributed by atoms with Gasteiger partial charge >= 0.3 is 5.97 Å². The van der Waals surface area contributed by atoms with Crippen molar-refractivity contribution in [3.8, 4) is 0 Å². The largest absolute Gasteiger partial charge is 0.480 e. The molecule has 1 aromatic rings. The highest BCUT2D eigenvalue weighted by Crippen LogP contribution is 2.11. The second-order valence-corrected chi connectivity index (χ2v) is 4.86. The third kappa shape index (κ3) is 3.30. The van der Waals surface area contributed by atoms with Gasteiger partial charge in [-0.05, 0) is 6.92 Å².